The molecule has 9 heteroatoms. The molecule has 2 N–H and O–H groups in total. The van der Waals surface area contributed by atoms with Crippen LogP contribution in [0.25, 0.3) is 11.0 Å². The zero-order chi connectivity index (χ0) is 22.4. The van der Waals surface area contributed by atoms with Crippen LogP contribution in [0.1, 0.15) is 58.0 Å². The van der Waals surface area contributed by atoms with Crippen LogP contribution in [0.2, 0.25) is 0 Å². The number of carbonyl (C=O) groups is 2. The van der Waals surface area contributed by atoms with Crippen LogP contribution < -0.4 is 16.6 Å². The summed E-state index contributed by atoms with van der Waals surface area (Å²) in [7, 11) is 0. The van der Waals surface area contributed by atoms with E-state index < -0.39 is 17.2 Å². The number of likely N-dealkylation sites (tertiary alicyclic amines) is 1. The average molecular weight is 433 g/mol. The molecule has 3 heterocycles. The van der Waals surface area contributed by atoms with E-state index in [1.54, 1.807) is 25.1 Å². The van der Waals surface area contributed by atoms with Crippen molar-refractivity contribution in [3.8, 4) is 0 Å². The van der Waals surface area contributed by atoms with Crippen LogP contribution in [-0.2, 0) is 0 Å². The van der Waals surface area contributed by atoms with Crippen molar-refractivity contribution in [3.63, 3.8) is 0 Å². The molecule has 2 aliphatic rings. The first-order valence-electron chi connectivity index (χ1n) is 10.8. The molecule has 0 radical (unpaired) electrons. The van der Waals surface area contributed by atoms with Gasteiger partial charge in [-0.2, -0.15) is 0 Å². The molecule has 0 unspecified atom stereocenters. The predicted molar refractivity (Wildman–Crippen MR) is 119 cm³/mol. The number of anilines is 1. The molecule has 1 saturated heterocycles. The second-order valence-electron chi connectivity index (χ2n) is 8.39. The number of benzene rings is 1. The maximum atomic E-state index is 12.9. The van der Waals surface area contributed by atoms with E-state index in [9.17, 15) is 19.2 Å². The number of amides is 2. The zero-order valence-electron chi connectivity index (χ0n) is 17.7. The lowest BCUT2D eigenvalue weighted by Crippen LogP contribution is -2.30. The molecule has 164 valence electrons. The largest absolute Gasteiger partial charge is 0.339 e. The number of H-pyrrole nitrogens is 1. The number of fused-ring (bicyclic) bond motifs is 1. The van der Waals surface area contributed by atoms with Crippen molar-refractivity contribution in [2.24, 2.45) is 0 Å². The summed E-state index contributed by atoms with van der Waals surface area (Å²) in [6, 6.07) is 6.72. The summed E-state index contributed by atoms with van der Waals surface area (Å²) in [5.41, 5.74) is 1.20. The molecule has 0 bridgehead atoms. The lowest BCUT2D eigenvalue weighted by atomic mass is 10.0. The van der Waals surface area contributed by atoms with Crippen LogP contribution in [-0.4, -0.2) is 44.3 Å². The lowest BCUT2D eigenvalue weighted by Gasteiger charge is -2.18. The smallest absolute Gasteiger partial charge is 0.330 e. The van der Waals surface area contributed by atoms with Crippen molar-refractivity contribution in [1.29, 1.82) is 0 Å². The van der Waals surface area contributed by atoms with E-state index in [1.807, 2.05) is 4.90 Å². The van der Waals surface area contributed by atoms with E-state index >= 15 is 0 Å². The Hall–Kier alpha value is -3.75. The van der Waals surface area contributed by atoms with Gasteiger partial charge in [0.05, 0.1) is 10.9 Å². The third kappa shape index (κ3) is 3.49. The van der Waals surface area contributed by atoms with Crippen molar-refractivity contribution in [2.45, 2.75) is 38.6 Å². The van der Waals surface area contributed by atoms with Gasteiger partial charge in [0.2, 0.25) is 0 Å². The number of hydrogen-bond acceptors (Lipinski definition) is 5. The number of carbonyl (C=O) groups excluding carboxylic acids is 2. The van der Waals surface area contributed by atoms with Crippen LogP contribution in [0.4, 0.5) is 5.69 Å². The quantitative estimate of drug-likeness (QED) is 0.654. The van der Waals surface area contributed by atoms with E-state index in [1.165, 1.54) is 16.8 Å². The molecule has 1 aliphatic carbocycles. The van der Waals surface area contributed by atoms with Gasteiger partial charge in [-0.25, -0.2) is 9.78 Å². The topological polar surface area (TPSA) is 117 Å². The molecule has 2 amide bonds. The van der Waals surface area contributed by atoms with Gasteiger partial charge in [-0.3, -0.25) is 23.9 Å². The van der Waals surface area contributed by atoms with Crippen LogP contribution in [0, 0.1) is 6.92 Å². The van der Waals surface area contributed by atoms with Crippen molar-refractivity contribution in [1.82, 2.24) is 19.4 Å². The number of nitrogens with one attached hydrogen (secondary N) is 2. The molecule has 1 saturated carbocycles. The molecule has 3 aromatic rings. The molecule has 0 spiro atoms. The summed E-state index contributed by atoms with van der Waals surface area (Å²) in [4.78, 5) is 58.7. The van der Waals surface area contributed by atoms with Crippen LogP contribution in [0.5, 0.6) is 0 Å². The van der Waals surface area contributed by atoms with Gasteiger partial charge >= 0.3 is 5.69 Å². The highest BCUT2D eigenvalue weighted by molar-refractivity contribution is 6.07. The monoisotopic (exact) mass is 433 g/mol. The molecule has 1 aromatic carbocycles. The van der Waals surface area contributed by atoms with Crippen molar-refractivity contribution in [2.75, 3.05) is 18.4 Å². The van der Waals surface area contributed by atoms with Crippen molar-refractivity contribution < 1.29 is 9.59 Å². The third-order valence-electron chi connectivity index (χ3n) is 6.16. The summed E-state index contributed by atoms with van der Waals surface area (Å²) in [6.45, 7) is 3.30. The summed E-state index contributed by atoms with van der Waals surface area (Å²) >= 11 is 0. The minimum absolute atomic E-state index is 0.0342. The fourth-order valence-electron chi connectivity index (χ4n) is 4.22. The number of pyridine rings is 1. The van der Waals surface area contributed by atoms with Crippen molar-refractivity contribution >= 4 is 28.5 Å². The number of rotatable bonds is 4. The second-order valence-corrected chi connectivity index (χ2v) is 8.39. The van der Waals surface area contributed by atoms with Gasteiger partial charge in [0.15, 0.2) is 0 Å². The summed E-state index contributed by atoms with van der Waals surface area (Å²) in [5, 5.41) is 3.02. The first-order valence-corrected chi connectivity index (χ1v) is 10.8. The number of hydrogen-bond donors (Lipinski definition) is 2. The Morgan fingerprint density at radius 1 is 1.16 bits per heavy atom. The standard InChI is InChI=1S/C23H23N5O4/c1-13-16(22(31)27-9-2-3-10-27)5-4-6-18(13)25-20(29)14-11-17-19(24-12-14)28(15-7-8-15)23(32)26-21(17)30/h4-6,11-12,15H,2-3,7-10H2,1H3,(H,25,29)(H,26,30,32). The van der Waals surface area contributed by atoms with Crippen LogP contribution >= 0.6 is 0 Å². The van der Waals surface area contributed by atoms with Crippen LogP contribution in [0.3, 0.4) is 0 Å². The fourth-order valence-corrected chi connectivity index (χ4v) is 4.22. The van der Waals surface area contributed by atoms with E-state index in [-0.39, 0.29) is 28.5 Å². The molecule has 2 aromatic heterocycles. The van der Waals surface area contributed by atoms with Gasteiger partial charge in [0.1, 0.15) is 5.65 Å². The van der Waals surface area contributed by atoms with Crippen LogP contribution in [0.15, 0.2) is 40.1 Å². The highest BCUT2D eigenvalue weighted by Gasteiger charge is 2.28. The summed E-state index contributed by atoms with van der Waals surface area (Å²) in [6.07, 6.45) is 5.09. The maximum absolute atomic E-state index is 12.9. The Labute approximate surface area is 183 Å². The molecular formula is C23H23N5O4. The zero-order valence-corrected chi connectivity index (χ0v) is 17.7. The van der Waals surface area contributed by atoms with Gasteiger partial charge in [0.25, 0.3) is 17.4 Å². The summed E-state index contributed by atoms with van der Waals surface area (Å²) in [5.74, 6) is -0.482. The highest BCUT2D eigenvalue weighted by Crippen LogP contribution is 2.34. The summed E-state index contributed by atoms with van der Waals surface area (Å²) < 4.78 is 1.48. The first kappa shape index (κ1) is 20.2. The Balaban J connectivity index is 1.45. The van der Waals surface area contributed by atoms with Gasteiger partial charge in [0, 0.05) is 36.6 Å². The number of nitrogens with zero attached hydrogens (tertiary/aromatic N) is 3. The minimum Gasteiger partial charge on any atom is -0.339 e. The Bertz CT molecular complexity index is 1360. The van der Waals surface area contributed by atoms with E-state index in [0.29, 0.717) is 16.8 Å². The van der Waals surface area contributed by atoms with Crippen molar-refractivity contribution in [3.05, 3.63) is 68.0 Å². The Morgan fingerprint density at radius 3 is 2.62 bits per heavy atom. The van der Waals surface area contributed by atoms with Gasteiger partial charge < -0.3 is 10.2 Å². The number of aromatic amines is 1. The normalized spacial score (nSPS) is 15.8. The molecule has 5 rings (SSSR count). The average Bonchev–Trinajstić information content (AvgIpc) is 3.45. The predicted octanol–water partition coefficient (Wildman–Crippen LogP) is 2.22. The minimum atomic E-state index is -0.571. The molecule has 32 heavy (non-hydrogen) atoms. The lowest BCUT2D eigenvalue weighted by molar-refractivity contribution is 0.0791. The second kappa shape index (κ2) is 7.74. The van der Waals surface area contributed by atoms with Gasteiger partial charge in [-0.05, 0) is 56.4 Å². The molecule has 1 aliphatic heterocycles. The Morgan fingerprint density at radius 2 is 1.91 bits per heavy atom. The molecule has 0 atom stereocenters. The highest BCUT2D eigenvalue weighted by atomic mass is 16.2. The maximum Gasteiger partial charge on any atom is 0.330 e. The molecule has 2 fully saturated rings. The first-order chi connectivity index (χ1) is 15.4. The van der Waals surface area contributed by atoms with E-state index in [4.69, 9.17) is 0 Å². The SMILES string of the molecule is Cc1c(NC(=O)c2cnc3c(c2)c(=O)[nH]c(=O)n3C2CC2)cccc1C(=O)N1CCCC1. The van der Waals surface area contributed by atoms with Gasteiger partial charge in [-0.15, -0.1) is 0 Å². The van der Waals surface area contributed by atoms with Gasteiger partial charge in [-0.1, -0.05) is 6.07 Å². The molecule has 9 nitrogen and oxygen atoms in total. The Kier molecular flexibility index (Phi) is 4.88. The number of aromatic nitrogens is 3. The third-order valence-corrected chi connectivity index (χ3v) is 6.16. The molecular weight excluding hydrogens is 410 g/mol. The van der Waals surface area contributed by atoms with E-state index in [2.05, 4.69) is 15.3 Å². The fraction of sp³-hybridized carbons (Fsp3) is 0.348. The van der Waals surface area contributed by atoms with E-state index in [0.717, 1.165) is 38.8 Å².